The van der Waals surface area contributed by atoms with Crippen LogP contribution in [-0.2, 0) is 17.0 Å². The Morgan fingerprint density at radius 2 is 1.95 bits per heavy atom. The molecule has 0 aliphatic heterocycles. The fourth-order valence-corrected chi connectivity index (χ4v) is 2.78. The number of amides is 1. The number of rotatable bonds is 8. The van der Waals surface area contributed by atoms with Crippen LogP contribution in [0.2, 0.25) is 0 Å². The Morgan fingerprint density at radius 1 is 1.18 bits per heavy atom. The highest BCUT2D eigenvalue weighted by atomic mass is 32.2. The van der Waals surface area contributed by atoms with Crippen molar-refractivity contribution in [2.45, 2.75) is 18.3 Å². The van der Waals surface area contributed by atoms with Crippen molar-refractivity contribution in [2.24, 2.45) is 0 Å². The maximum Gasteiger partial charge on any atom is 0.230 e. The first-order valence-electron chi connectivity index (χ1n) is 7.19. The highest BCUT2D eigenvalue weighted by Gasteiger charge is 2.08. The third kappa shape index (κ3) is 6.28. The molecule has 116 valence electrons. The van der Waals surface area contributed by atoms with E-state index >= 15 is 0 Å². The van der Waals surface area contributed by atoms with Crippen molar-refractivity contribution in [3.05, 3.63) is 66.0 Å². The number of aliphatic hydroxyl groups excluding tert-OH is 1. The molecule has 0 saturated heterocycles. The van der Waals surface area contributed by atoms with Crippen molar-refractivity contribution in [1.29, 1.82) is 0 Å². The summed E-state index contributed by atoms with van der Waals surface area (Å²) in [4.78, 5) is 15.8. The van der Waals surface area contributed by atoms with E-state index in [-0.39, 0.29) is 12.5 Å². The highest BCUT2D eigenvalue weighted by Crippen LogP contribution is 2.10. The van der Waals surface area contributed by atoms with E-state index in [0.717, 1.165) is 16.9 Å². The average Bonchev–Trinajstić information content (AvgIpc) is 2.55. The second kappa shape index (κ2) is 9.23. The van der Waals surface area contributed by atoms with Crippen LogP contribution in [0.25, 0.3) is 0 Å². The van der Waals surface area contributed by atoms with Gasteiger partial charge in [0.25, 0.3) is 0 Å². The molecular weight excluding hydrogens is 296 g/mol. The molecule has 22 heavy (non-hydrogen) atoms. The van der Waals surface area contributed by atoms with E-state index in [0.29, 0.717) is 12.2 Å². The van der Waals surface area contributed by atoms with Gasteiger partial charge in [-0.15, -0.1) is 11.8 Å². The minimum absolute atomic E-state index is 0.0546. The maximum absolute atomic E-state index is 11.7. The zero-order chi connectivity index (χ0) is 15.6. The number of aromatic nitrogens is 1. The summed E-state index contributed by atoms with van der Waals surface area (Å²) in [5.41, 5.74) is 2.17. The molecule has 1 amide bonds. The lowest BCUT2D eigenvalue weighted by molar-refractivity contribution is -0.119. The topological polar surface area (TPSA) is 62.2 Å². The predicted octanol–water partition coefficient (Wildman–Crippen LogP) is 2.03. The van der Waals surface area contributed by atoms with Crippen LogP contribution >= 0.6 is 11.8 Å². The fraction of sp³-hybridized carbons (Fsp3) is 0.294. The molecule has 0 aliphatic carbocycles. The average molecular weight is 316 g/mol. The van der Waals surface area contributed by atoms with Gasteiger partial charge in [-0.2, -0.15) is 0 Å². The van der Waals surface area contributed by atoms with Crippen molar-refractivity contribution >= 4 is 17.7 Å². The van der Waals surface area contributed by atoms with Gasteiger partial charge in [-0.3, -0.25) is 9.78 Å². The molecule has 0 fully saturated rings. The lowest BCUT2D eigenvalue weighted by Gasteiger charge is -2.12. The molecule has 1 heterocycles. The summed E-state index contributed by atoms with van der Waals surface area (Å²) in [6.07, 6.45) is 3.52. The highest BCUT2D eigenvalue weighted by molar-refractivity contribution is 7.99. The molecule has 0 saturated carbocycles. The number of benzene rings is 1. The SMILES string of the molecule is O=C(CSCc1cccnc1)NCC(O)Cc1ccccc1. The van der Waals surface area contributed by atoms with Gasteiger partial charge in [0.05, 0.1) is 11.9 Å². The van der Waals surface area contributed by atoms with Crippen LogP contribution in [0.1, 0.15) is 11.1 Å². The molecule has 0 spiro atoms. The molecule has 1 atom stereocenters. The smallest absolute Gasteiger partial charge is 0.230 e. The van der Waals surface area contributed by atoms with Crippen LogP contribution in [0.3, 0.4) is 0 Å². The molecule has 0 aliphatic rings. The molecule has 1 aromatic carbocycles. The normalized spacial score (nSPS) is 11.9. The van der Waals surface area contributed by atoms with Crippen molar-refractivity contribution in [3.63, 3.8) is 0 Å². The number of hydrogen-bond donors (Lipinski definition) is 2. The van der Waals surface area contributed by atoms with Gasteiger partial charge in [-0.25, -0.2) is 0 Å². The molecular formula is C17H20N2O2S. The summed E-state index contributed by atoms with van der Waals surface area (Å²) in [5, 5.41) is 12.7. The van der Waals surface area contributed by atoms with Gasteiger partial charge in [0.15, 0.2) is 0 Å². The summed E-state index contributed by atoms with van der Waals surface area (Å²) in [7, 11) is 0. The maximum atomic E-state index is 11.7. The summed E-state index contributed by atoms with van der Waals surface area (Å²) < 4.78 is 0. The summed E-state index contributed by atoms with van der Waals surface area (Å²) in [6.45, 7) is 0.279. The Hall–Kier alpha value is -1.85. The molecule has 2 N–H and O–H groups in total. The number of thioether (sulfide) groups is 1. The first-order chi connectivity index (χ1) is 10.7. The van der Waals surface area contributed by atoms with Gasteiger partial charge in [-0.1, -0.05) is 36.4 Å². The largest absolute Gasteiger partial charge is 0.391 e. The van der Waals surface area contributed by atoms with E-state index in [1.54, 1.807) is 12.4 Å². The number of carbonyl (C=O) groups is 1. The van der Waals surface area contributed by atoms with E-state index in [1.165, 1.54) is 11.8 Å². The number of nitrogens with zero attached hydrogens (tertiary/aromatic N) is 1. The predicted molar refractivity (Wildman–Crippen MR) is 89.6 cm³/mol. The fourth-order valence-electron chi connectivity index (χ4n) is 1.99. The third-order valence-corrected chi connectivity index (χ3v) is 4.08. The van der Waals surface area contributed by atoms with Crippen LogP contribution in [0, 0.1) is 0 Å². The minimum atomic E-state index is -0.560. The Bertz CT molecular complexity index is 563. The summed E-state index contributed by atoms with van der Waals surface area (Å²) in [6, 6.07) is 13.6. The molecule has 4 nitrogen and oxygen atoms in total. The van der Waals surface area contributed by atoms with E-state index in [2.05, 4.69) is 10.3 Å². The van der Waals surface area contributed by atoms with Crippen LogP contribution in [0.4, 0.5) is 0 Å². The molecule has 0 radical (unpaired) electrons. The van der Waals surface area contributed by atoms with E-state index in [1.807, 2.05) is 42.5 Å². The van der Waals surface area contributed by atoms with E-state index < -0.39 is 6.10 Å². The first kappa shape index (κ1) is 16.5. The van der Waals surface area contributed by atoms with Crippen molar-refractivity contribution in [3.8, 4) is 0 Å². The number of hydrogen-bond acceptors (Lipinski definition) is 4. The molecule has 0 bridgehead atoms. The van der Waals surface area contributed by atoms with Gasteiger partial charge in [0.2, 0.25) is 5.91 Å². The second-order valence-corrected chi connectivity index (χ2v) is 5.99. The number of aliphatic hydroxyl groups is 1. The monoisotopic (exact) mass is 316 g/mol. The van der Waals surface area contributed by atoms with Gasteiger partial charge in [0.1, 0.15) is 0 Å². The Morgan fingerprint density at radius 3 is 2.68 bits per heavy atom. The zero-order valence-corrected chi connectivity index (χ0v) is 13.1. The molecule has 1 aromatic heterocycles. The van der Waals surface area contributed by atoms with Crippen molar-refractivity contribution in [1.82, 2.24) is 10.3 Å². The molecule has 5 heteroatoms. The number of nitrogens with one attached hydrogen (secondary N) is 1. The number of carbonyl (C=O) groups excluding carboxylic acids is 1. The minimum Gasteiger partial charge on any atom is -0.391 e. The van der Waals surface area contributed by atoms with E-state index in [9.17, 15) is 9.90 Å². The quantitative estimate of drug-likeness (QED) is 0.782. The molecule has 2 aromatic rings. The van der Waals surface area contributed by atoms with Crippen LogP contribution in [0.5, 0.6) is 0 Å². The standard InChI is InChI=1S/C17H20N2O2S/c20-16(9-14-5-2-1-3-6-14)11-19-17(21)13-22-12-15-7-4-8-18-10-15/h1-8,10,16,20H,9,11-13H2,(H,19,21). The van der Waals surface area contributed by atoms with Crippen LogP contribution < -0.4 is 5.32 Å². The Kier molecular flexibility index (Phi) is 6.93. The Balaban J connectivity index is 1.61. The van der Waals surface area contributed by atoms with Crippen molar-refractivity contribution < 1.29 is 9.90 Å². The zero-order valence-electron chi connectivity index (χ0n) is 12.3. The van der Waals surface area contributed by atoms with Crippen LogP contribution in [0.15, 0.2) is 54.9 Å². The van der Waals surface area contributed by atoms with Crippen molar-refractivity contribution in [2.75, 3.05) is 12.3 Å². The lowest BCUT2D eigenvalue weighted by atomic mass is 10.1. The summed E-state index contributed by atoms with van der Waals surface area (Å²) in [5.74, 6) is 1.09. The van der Waals surface area contributed by atoms with Gasteiger partial charge < -0.3 is 10.4 Å². The molecule has 1 unspecified atom stereocenters. The summed E-state index contributed by atoms with van der Waals surface area (Å²) >= 11 is 1.54. The lowest BCUT2D eigenvalue weighted by Crippen LogP contribution is -2.34. The van der Waals surface area contributed by atoms with Gasteiger partial charge in [0, 0.05) is 31.1 Å². The van der Waals surface area contributed by atoms with E-state index in [4.69, 9.17) is 0 Å². The number of pyridine rings is 1. The van der Waals surface area contributed by atoms with Crippen LogP contribution in [-0.4, -0.2) is 34.4 Å². The third-order valence-electron chi connectivity index (χ3n) is 3.07. The second-order valence-electron chi connectivity index (χ2n) is 5.00. The molecule has 2 rings (SSSR count). The first-order valence-corrected chi connectivity index (χ1v) is 8.35. The van der Waals surface area contributed by atoms with Gasteiger partial charge >= 0.3 is 0 Å². The Labute approximate surface area is 135 Å². The van der Waals surface area contributed by atoms with Gasteiger partial charge in [-0.05, 0) is 17.2 Å².